The Balaban J connectivity index is 1.88. The van der Waals surface area contributed by atoms with Gasteiger partial charge in [0, 0.05) is 32.0 Å². The molecule has 3 rings (SSSR count). The summed E-state index contributed by atoms with van der Waals surface area (Å²) in [6.45, 7) is 6.56. The molecule has 2 N–H and O–H groups in total. The average molecular weight is 432 g/mol. The van der Waals surface area contributed by atoms with E-state index in [9.17, 15) is 10.2 Å². The molecule has 32 heavy (non-hydrogen) atoms. The number of rotatable bonds is 11. The third kappa shape index (κ3) is 6.19. The number of hydrogen-bond donors (Lipinski definition) is 2. The Morgan fingerprint density at radius 3 is 1.50 bits per heavy atom. The summed E-state index contributed by atoms with van der Waals surface area (Å²) in [6, 6.07) is 24.6. The van der Waals surface area contributed by atoms with Crippen LogP contribution < -0.4 is 9.91 Å². The van der Waals surface area contributed by atoms with E-state index in [2.05, 4.69) is 43.0 Å². The molecular weight excluding hydrogens is 398 g/mol. The van der Waals surface area contributed by atoms with Crippen molar-refractivity contribution in [3.8, 4) is 0 Å². The largest absolute Gasteiger partial charge is 0.396 e. The van der Waals surface area contributed by atoms with Gasteiger partial charge in [0.1, 0.15) is 0 Å². The average Bonchev–Trinajstić information content (AvgIpc) is 2.83. The van der Waals surface area contributed by atoms with Gasteiger partial charge in [0.05, 0.1) is 17.6 Å². The van der Waals surface area contributed by atoms with Crippen molar-refractivity contribution in [2.24, 2.45) is 5.10 Å². The summed E-state index contributed by atoms with van der Waals surface area (Å²) in [5, 5.41) is 25.1. The zero-order chi connectivity index (χ0) is 22.8. The third-order valence-corrected chi connectivity index (χ3v) is 5.51. The van der Waals surface area contributed by atoms with Crippen molar-refractivity contribution in [2.75, 3.05) is 36.2 Å². The van der Waals surface area contributed by atoms with E-state index in [-0.39, 0.29) is 13.2 Å². The van der Waals surface area contributed by atoms with E-state index in [1.807, 2.05) is 59.8 Å². The number of hydrazone groups is 1. The van der Waals surface area contributed by atoms with Crippen molar-refractivity contribution in [3.63, 3.8) is 0 Å². The van der Waals surface area contributed by atoms with E-state index in [1.165, 1.54) is 5.69 Å². The highest BCUT2D eigenvalue weighted by molar-refractivity contribution is 5.82. The maximum atomic E-state index is 9.19. The lowest BCUT2D eigenvalue weighted by Crippen LogP contribution is -2.21. The Bertz CT molecular complexity index is 914. The molecular formula is C27H33N3O2. The highest BCUT2D eigenvalue weighted by Crippen LogP contribution is 2.27. The van der Waals surface area contributed by atoms with Crippen molar-refractivity contribution in [3.05, 3.63) is 89.5 Å². The Hall–Kier alpha value is -3.15. The lowest BCUT2D eigenvalue weighted by atomic mass is 10.1. The molecule has 0 amide bonds. The smallest absolute Gasteiger partial charge is 0.0652 e. The summed E-state index contributed by atoms with van der Waals surface area (Å²) in [5.41, 5.74) is 6.30. The van der Waals surface area contributed by atoms with Crippen LogP contribution in [0.4, 0.5) is 17.1 Å². The molecule has 0 saturated heterocycles. The van der Waals surface area contributed by atoms with Gasteiger partial charge in [0.2, 0.25) is 0 Å². The van der Waals surface area contributed by atoms with E-state index in [0.29, 0.717) is 12.8 Å². The van der Waals surface area contributed by atoms with Gasteiger partial charge in [-0.15, -0.1) is 0 Å². The van der Waals surface area contributed by atoms with E-state index in [0.717, 1.165) is 41.2 Å². The fourth-order valence-electron chi connectivity index (χ4n) is 3.63. The van der Waals surface area contributed by atoms with Gasteiger partial charge >= 0.3 is 0 Å². The predicted octanol–water partition coefficient (Wildman–Crippen LogP) is 4.77. The predicted molar refractivity (Wildman–Crippen MR) is 134 cm³/mol. The van der Waals surface area contributed by atoms with Gasteiger partial charge in [-0.1, -0.05) is 36.4 Å². The normalized spacial score (nSPS) is 11.1. The summed E-state index contributed by atoms with van der Waals surface area (Å²) < 4.78 is 0. The number of aliphatic hydroxyl groups is 2. The van der Waals surface area contributed by atoms with Crippen molar-refractivity contribution in [1.82, 2.24) is 0 Å². The number of anilines is 3. The summed E-state index contributed by atoms with van der Waals surface area (Å²) >= 11 is 0. The Morgan fingerprint density at radius 2 is 1.09 bits per heavy atom. The lowest BCUT2D eigenvalue weighted by molar-refractivity contribution is 0.299. The zero-order valence-electron chi connectivity index (χ0n) is 19.0. The molecule has 0 aliphatic heterocycles. The van der Waals surface area contributed by atoms with Gasteiger partial charge in [-0.3, -0.25) is 0 Å². The van der Waals surface area contributed by atoms with Crippen molar-refractivity contribution in [2.45, 2.75) is 26.7 Å². The summed E-state index contributed by atoms with van der Waals surface area (Å²) in [7, 11) is 0. The number of benzene rings is 3. The molecule has 3 aromatic rings. The molecule has 0 fully saturated rings. The first-order chi connectivity index (χ1) is 15.7. The summed E-state index contributed by atoms with van der Waals surface area (Å²) in [5.74, 6) is 0. The minimum atomic E-state index is 0.136. The zero-order valence-corrected chi connectivity index (χ0v) is 19.0. The summed E-state index contributed by atoms with van der Waals surface area (Å²) in [4.78, 5) is 2.31. The molecule has 0 bridgehead atoms. The molecule has 0 heterocycles. The van der Waals surface area contributed by atoms with Crippen LogP contribution in [0.25, 0.3) is 0 Å². The van der Waals surface area contributed by atoms with Gasteiger partial charge in [0.25, 0.3) is 0 Å². The SMILES string of the molecule is CCN(CC)c1ccc(C=NN(c2ccc(CCO)cc2)c2ccc(CCO)cc2)cc1. The van der Waals surface area contributed by atoms with Crippen molar-refractivity contribution >= 4 is 23.3 Å². The molecule has 0 saturated carbocycles. The van der Waals surface area contributed by atoms with Crippen LogP contribution >= 0.6 is 0 Å². The topological polar surface area (TPSA) is 59.3 Å². The van der Waals surface area contributed by atoms with Crippen LogP contribution in [0.5, 0.6) is 0 Å². The molecule has 3 aromatic carbocycles. The molecule has 0 aliphatic carbocycles. The Labute approximate surface area is 191 Å². The molecule has 168 valence electrons. The molecule has 0 unspecified atom stereocenters. The molecule has 5 heteroatoms. The molecule has 0 radical (unpaired) electrons. The number of hydrogen-bond acceptors (Lipinski definition) is 5. The van der Waals surface area contributed by atoms with Gasteiger partial charge in [-0.05, 0) is 79.8 Å². The van der Waals surface area contributed by atoms with Crippen LogP contribution in [0.3, 0.4) is 0 Å². The second kappa shape index (κ2) is 12.0. The monoisotopic (exact) mass is 431 g/mol. The van der Waals surface area contributed by atoms with Crippen molar-refractivity contribution < 1.29 is 10.2 Å². The maximum Gasteiger partial charge on any atom is 0.0652 e. The number of aliphatic hydroxyl groups excluding tert-OH is 2. The fourth-order valence-corrected chi connectivity index (χ4v) is 3.63. The number of nitrogens with zero attached hydrogens (tertiary/aromatic N) is 3. The quantitative estimate of drug-likeness (QED) is 0.339. The molecule has 0 aromatic heterocycles. The van der Waals surface area contributed by atoms with Crippen LogP contribution in [-0.4, -0.2) is 42.7 Å². The third-order valence-electron chi connectivity index (χ3n) is 5.51. The molecule has 0 atom stereocenters. The first kappa shape index (κ1) is 23.5. The first-order valence-electron chi connectivity index (χ1n) is 11.3. The minimum absolute atomic E-state index is 0.136. The van der Waals surface area contributed by atoms with E-state index < -0.39 is 0 Å². The maximum absolute atomic E-state index is 9.19. The van der Waals surface area contributed by atoms with E-state index in [1.54, 1.807) is 0 Å². The summed E-state index contributed by atoms with van der Waals surface area (Å²) in [6.07, 6.45) is 3.14. The second-order valence-corrected chi connectivity index (χ2v) is 7.60. The van der Waals surface area contributed by atoms with E-state index >= 15 is 0 Å². The standard InChI is InChI=1S/C27H33N3O2/c1-3-29(4-2)25-11-9-24(10-12-25)21-28-30(26-13-5-22(6-14-26)17-19-31)27-15-7-23(8-16-27)18-20-32/h5-16,21,31-32H,3-4,17-20H2,1-2H3. The van der Waals surface area contributed by atoms with E-state index in [4.69, 9.17) is 5.10 Å². The van der Waals surface area contributed by atoms with Crippen LogP contribution in [0.1, 0.15) is 30.5 Å². The van der Waals surface area contributed by atoms with Gasteiger partial charge in [0.15, 0.2) is 0 Å². The second-order valence-electron chi connectivity index (χ2n) is 7.60. The Morgan fingerprint density at radius 1 is 0.656 bits per heavy atom. The highest BCUT2D eigenvalue weighted by Gasteiger charge is 2.09. The van der Waals surface area contributed by atoms with Crippen LogP contribution in [0.2, 0.25) is 0 Å². The highest BCUT2D eigenvalue weighted by atomic mass is 16.3. The van der Waals surface area contributed by atoms with Crippen LogP contribution in [-0.2, 0) is 12.8 Å². The van der Waals surface area contributed by atoms with Gasteiger partial charge in [-0.2, -0.15) is 5.10 Å². The first-order valence-corrected chi connectivity index (χ1v) is 11.3. The molecule has 0 aliphatic rings. The van der Waals surface area contributed by atoms with Crippen molar-refractivity contribution in [1.29, 1.82) is 0 Å². The molecule has 0 spiro atoms. The molecule has 5 nitrogen and oxygen atoms in total. The fraction of sp³-hybridized carbons (Fsp3) is 0.296. The lowest BCUT2D eigenvalue weighted by Gasteiger charge is -2.21. The minimum Gasteiger partial charge on any atom is -0.396 e. The van der Waals surface area contributed by atoms with Crippen LogP contribution in [0, 0.1) is 0 Å². The van der Waals surface area contributed by atoms with Gasteiger partial charge < -0.3 is 15.1 Å². The Kier molecular flexibility index (Phi) is 8.84. The van der Waals surface area contributed by atoms with Gasteiger partial charge in [-0.25, -0.2) is 5.01 Å². The van der Waals surface area contributed by atoms with Crippen LogP contribution in [0.15, 0.2) is 77.9 Å².